The maximum absolute atomic E-state index is 12.6. The Hall–Kier alpha value is -8.34. The fourth-order valence-electron chi connectivity index (χ4n) is 6.33. The van der Waals surface area contributed by atoms with Gasteiger partial charge in [-0.3, -0.25) is 9.59 Å². The number of pyridine rings is 2. The van der Waals surface area contributed by atoms with Crippen LogP contribution in [0.15, 0.2) is 184 Å². The standard InChI is InChI=1S/C26H20N2O2.C24H15BrN2O2.CO2/c1-2-18-7-6-8-20(15-18)24-16-25(29)23(17-27)26(28-24)19-11-13-22(14-12-19)30-21-9-4-3-5-10-21;25-18-6-4-5-17(13-18)22-14-23(28)21(15-26)24(27-22)16-9-11-20(12-10-16)29-19-7-2-1-3-8-19;2-1-3/h3-16H,2H2,1H3,(H,28,29);1-14H,(H,27,28);. The van der Waals surface area contributed by atoms with E-state index in [1.54, 1.807) is 0 Å². The number of nitrogens with one attached hydrogen (secondary N) is 2. The third-order valence-corrected chi connectivity index (χ3v) is 9.81. The Kier molecular flexibility index (Phi) is 14.7. The Balaban J connectivity index is 0.000000195. The number of para-hydroxylation sites is 2. The van der Waals surface area contributed by atoms with Crippen molar-refractivity contribution in [3.63, 3.8) is 0 Å². The fourth-order valence-corrected chi connectivity index (χ4v) is 6.73. The van der Waals surface area contributed by atoms with Crippen molar-refractivity contribution in [3.05, 3.63) is 211 Å². The molecule has 0 spiro atoms. The predicted molar refractivity (Wildman–Crippen MR) is 240 cm³/mol. The zero-order valence-corrected chi connectivity index (χ0v) is 34.7. The topological polar surface area (TPSA) is 166 Å². The van der Waals surface area contributed by atoms with Gasteiger partial charge in [0, 0.05) is 28.0 Å². The van der Waals surface area contributed by atoms with Crippen LogP contribution in [0.4, 0.5) is 0 Å². The van der Waals surface area contributed by atoms with Gasteiger partial charge in [-0.15, -0.1) is 0 Å². The number of aryl methyl sites for hydroxylation is 1. The molecule has 0 saturated heterocycles. The molecule has 0 aliphatic carbocycles. The number of rotatable bonds is 9. The maximum Gasteiger partial charge on any atom is 0.373 e. The Morgan fingerprint density at radius 1 is 0.500 bits per heavy atom. The maximum atomic E-state index is 12.6. The molecule has 0 aliphatic heterocycles. The van der Waals surface area contributed by atoms with Gasteiger partial charge in [0.25, 0.3) is 0 Å². The van der Waals surface area contributed by atoms with E-state index in [-0.39, 0.29) is 28.1 Å². The summed E-state index contributed by atoms with van der Waals surface area (Å²) in [6.07, 6.45) is 1.16. The first-order valence-corrected chi connectivity index (χ1v) is 19.9. The summed E-state index contributed by atoms with van der Waals surface area (Å²) in [4.78, 5) is 48.0. The predicted octanol–water partition coefficient (Wildman–Crippen LogP) is 11.5. The SMILES string of the molecule is CCc1cccc(-c2cc(=O)c(C#N)c(-c3ccc(Oc4ccccc4)cc3)[nH]2)c1.N#Cc1c(-c2ccc(Oc3ccccc3)cc2)[nH]c(-c2cccc(Br)c2)cc1=O.O=C=O. The van der Waals surface area contributed by atoms with Crippen LogP contribution < -0.4 is 20.3 Å². The van der Waals surface area contributed by atoms with Gasteiger partial charge in [0.2, 0.25) is 10.9 Å². The number of hydrogen-bond donors (Lipinski definition) is 2. The highest BCUT2D eigenvalue weighted by Crippen LogP contribution is 2.30. The lowest BCUT2D eigenvalue weighted by Crippen LogP contribution is -2.09. The summed E-state index contributed by atoms with van der Waals surface area (Å²) < 4.78 is 12.6. The first-order valence-electron chi connectivity index (χ1n) is 19.1. The van der Waals surface area contributed by atoms with Gasteiger partial charge in [-0.05, 0) is 125 Å². The molecule has 2 N–H and O–H groups in total. The van der Waals surface area contributed by atoms with E-state index in [1.807, 2.05) is 158 Å². The number of nitrogens with zero attached hydrogens (tertiary/aromatic N) is 2. The van der Waals surface area contributed by atoms with Crippen LogP contribution >= 0.6 is 15.9 Å². The van der Waals surface area contributed by atoms with E-state index < -0.39 is 0 Å². The van der Waals surface area contributed by atoms with E-state index in [0.29, 0.717) is 34.3 Å². The Morgan fingerprint density at radius 2 is 0.903 bits per heavy atom. The average molecular weight is 880 g/mol. The van der Waals surface area contributed by atoms with Gasteiger partial charge in [0.1, 0.15) is 46.3 Å². The minimum atomic E-state index is -0.319. The highest BCUT2D eigenvalue weighted by molar-refractivity contribution is 9.10. The molecular formula is C51H35BrN4O6. The number of aromatic amines is 2. The number of aromatic nitrogens is 2. The molecule has 11 heteroatoms. The molecular weight excluding hydrogens is 844 g/mol. The van der Waals surface area contributed by atoms with Crippen LogP contribution in [0, 0.1) is 22.7 Å². The molecule has 0 aliphatic rings. The number of benzene rings is 6. The number of H-pyrrole nitrogens is 2. The minimum absolute atomic E-state index is 0.0838. The van der Waals surface area contributed by atoms with Gasteiger partial charge < -0.3 is 19.4 Å². The van der Waals surface area contributed by atoms with E-state index in [9.17, 15) is 20.1 Å². The van der Waals surface area contributed by atoms with Crippen LogP contribution in [-0.2, 0) is 16.0 Å². The molecule has 0 radical (unpaired) electrons. The van der Waals surface area contributed by atoms with Crippen molar-refractivity contribution in [1.82, 2.24) is 9.97 Å². The van der Waals surface area contributed by atoms with E-state index in [2.05, 4.69) is 45.0 Å². The van der Waals surface area contributed by atoms with E-state index in [0.717, 1.165) is 44.6 Å². The second-order valence-electron chi connectivity index (χ2n) is 13.3. The van der Waals surface area contributed by atoms with Gasteiger partial charge in [-0.1, -0.05) is 89.6 Å². The van der Waals surface area contributed by atoms with Crippen molar-refractivity contribution in [2.75, 3.05) is 0 Å². The Labute approximate surface area is 365 Å². The summed E-state index contributed by atoms with van der Waals surface area (Å²) >= 11 is 3.45. The number of nitriles is 2. The van der Waals surface area contributed by atoms with Crippen molar-refractivity contribution in [2.24, 2.45) is 0 Å². The highest BCUT2D eigenvalue weighted by Gasteiger charge is 2.15. The first-order chi connectivity index (χ1) is 30.2. The summed E-state index contributed by atoms with van der Waals surface area (Å²) in [5.74, 6) is 2.83. The Morgan fingerprint density at radius 3 is 1.31 bits per heavy atom. The third-order valence-electron chi connectivity index (χ3n) is 9.31. The van der Waals surface area contributed by atoms with Crippen molar-refractivity contribution < 1.29 is 19.1 Å². The van der Waals surface area contributed by atoms with E-state index in [4.69, 9.17) is 19.1 Å². The van der Waals surface area contributed by atoms with E-state index in [1.165, 1.54) is 17.7 Å². The number of hydrogen-bond acceptors (Lipinski definition) is 8. The van der Waals surface area contributed by atoms with Crippen LogP contribution in [0.1, 0.15) is 23.6 Å². The van der Waals surface area contributed by atoms with Crippen LogP contribution in [-0.4, -0.2) is 16.1 Å². The van der Waals surface area contributed by atoms with Crippen molar-refractivity contribution in [3.8, 4) is 80.2 Å². The molecule has 2 heterocycles. The molecule has 10 nitrogen and oxygen atoms in total. The number of carbonyl (C=O) groups excluding carboxylic acids is 2. The second kappa shape index (κ2) is 21.1. The molecule has 2 aromatic heterocycles. The summed E-state index contributed by atoms with van der Waals surface area (Å²) in [7, 11) is 0. The summed E-state index contributed by atoms with van der Waals surface area (Å²) in [5, 5.41) is 19.1. The summed E-state index contributed by atoms with van der Waals surface area (Å²) in [5.41, 5.74) is 6.33. The normalized spacial score (nSPS) is 10.0. The fraction of sp³-hybridized carbons (Fsp3) is 0.0392. The zero-order valence-electron chi connectivity index (χ0n) is 33.1. The summed E-state index contributed by atoms with van der Waals surface area (Å²) in [6, 6.07) is 56.3. The lowest BCUT2D eigenvalue weighted by Gasteiger charge is -2.11. The quantitative estimate of drug-likeness (QED) is 0.145. The van der Waals surface area contributed by atoms with Crippen molar-refractivity contribution in [1.29, 1.82) is 10.5 Å². The average Bonchev–Trinajstić information content (AvgIpc) is 3.30. The molecule has 0 bridgehead atoms. The van der Waals surface area contributed by atoms with Gasteiger partial charge >= 0.3 is 6.15 Å². The number of halogens is 1. The smallest absolute Gasteiger partial charge is 0.373 e. The van der Waals surface area contributed by atoms with E-state index >= 15 is 0 Å². The highest BCUT2D eigenvalue weighted by atomic mass is 79.9. The molecule has 0 saturated carbocycles. The second-order valence-corrected chi connectivity index (χ2v) is 14.3. The molecule has 0 fully saturated rings. The molecule has 0 unspecified atom stereocenters. The van der Waals surface area contributed by atoms with Gasteiger partial charge in [0.05, 0.1) is 11.4 Å². The minimum Gasteiger partial charge on any atom is -0.457 e. The summed E-state index contributed by atoms with van der Waals surface area (Å²) in [6.45, 7) is 2.09. The molecule has 302 valence electrons. The molecule has 62 heavy (non-hydrogen) atoms. The molecule has 8 aromatic rings. The van der Waals surface area contributed by atoms with Crippen LogP contribution in [0.25, 0.3) is 45.0 Å². The lowest BCUT2D eigenvalue weighted by molar-refractivity contribution is -0.191. The van der Waals surface area contributed by atoms with Gasteiger partial charge in [-0.25, -0.2) is 0 Å². The molecule has 8 rings (SSSR count). The van der Waals surface area contributed by atoms with Crippen molar-refractivity contribution in [2.45, 2.75) is 13.3 Å². The number of ether oxygens (including phenoxy) is 2. The first kappa shape index (κ1) is 43.2. The molecule has 0 atom stereocenters. The third kappa shape index (κ3) is 11.0. The zero-order chi connectivity index (χ0) is 43.8. The van der Waals surface area contributed by atoms with Gasteiger partial charge in [0.15, 0.2) is 0 Å². The van der Waals surface area contributed by atoms with Crippen LogP contribution in [0.3, 0.4) is 0 Å². The Bertz CT molecular complexity index is 3040. The molecule has 6 aromatic carbocycles. The molecule has 0 amide bonds. The van der Waals surface area contributed by atoms with Crippen LogP contribution in [0.2, 0.25) is 0 Å². The monoisotopic (exact) mass is 878 g/mol. The largest absolute Gasteiger partial charge is 0.457 e. The van der Waals surface area contributed by atoms with Crippen LogP contribution in [0.5, 0.6) is 23.0 Å². The van der Waals surface area contributed by atoms with Crippen molar-refractivity contribution >= 4 is 22.1 Å². The van der Waals surface area contributed by atoms with Gasteiger partial charge in [-0.2, -0.15) is 20.1 Å². The lowest BCUT2D eigenvalue weighted by atomic mass is 10.0.